The Bertz CT molecular complexity index is 325. The minimum Gasteiger partial charge on any atom is -0.353 e. The maximum atomic E-state index is 12.1. The van der Waals surface area contributed by atoms with Crippen molar-refractivity contribution >= 4 is 5.91 Å². The number of carbonyl (C=O) groups excluding carboxylic acids is 1. The topological polar surface area (TPSA) is 56.1 Å². The van der Waals surface area contributed by atoms with Gasteiger partial charge in [-0.3, -0.25) is 4.79 Å². The van der Waals surface area contributed by atoms with Crippen LogP contribution in [0, 0.1) is 16.7 Å². The molecule has 0 aromatic rings. The van der Waals surface area contributed by atoms with Crippen molar-refractivity contribution in [3.63, 3.8) is 0 Å². The lowest BCUT2D eigenvalue weighted by molar-refractivity contribution is -0.128. The Morgan fingerprint density at radius 1 is 1.37 bits per heavy atom. The third-order valence-corrected chi connectivity index (χ3v) is 4.55. The molecule has 4 heteroatoms. The Morgan fingerprint density at radius 2 is 1.95 bits per heavy atom. The Morgan fingerprint density at radius 3 is 2.42 bits per heavy atom. The smallest absolute Gasteiger partial charge is 0.240 e. The number of nitriles is 1. The summed E-state index contributed by atoms with van der Waals surface area (Å²) in [5, 5.41) is 12.1. The fourth-order valence-electron chi connectivity index (χ4n) is 2.82. The molecular weight excluding hydrogens is 238 g/mol. The summed E-state index contributed by atoms with van der Waals surface area (Å²) in [4.78, 5) is 14.4. The predicted molar refractivity (Wildman–Crippen MR) is 76.5 cm³/mol. The van der Waals surface area contributed by atoms with E-state index >= 15 is 0 Å². The fraction of sp³-hybridized carbons (Fsp3) is 0.867. The molecule has 0 saturated heterocycles. The van der Waals surface area contributed by atoms with Gasteiger partial charge < -0.3 is 10.2 Å². The monoisotopic (exact) mass is 265 g/mol. The van der Waals surface area contributed by atoms with E-state index in [1.807, 2.05) is 13.8 Å². The Labute approximate surface area is 117 Å². The van der Waals surface area contributed by atoms with E-state index in [9.17, 15) is 10.1 Å². The number of rotatable bonds is 7. The molecule has 4 nitrogen and oxygen atoms in total. The highest BCUT2D eigenvalue weighted by molar-refractivity contribution is 5.85. The van der Waals surface area contributed by atoms with Crippen LogP contribution in [0.15, 0.2) is 0 Å². The normalized spacial score (nSPS) is 16.6. The molecule has 0 aliphatic heterocycles. The summed E-state index contributed by atoms with van der Waals surface area (Å²) in [6.45, 7) is 5.30. The van der Waals surface area contributed by atoms with Gasteiger partial charge in [0.15, 0.2) is 0 Å². The van der Waals surface area contributed by atoms with Gasteiger partial charge in [0.05, 0.1) is 6.07 Å². The number of likely N-dealkylation sites (N-methyl/N-ethyl adjacent to an activating group) is 1. The first-order chi connectivity index (χ1) is 9.09. The number of nitrogens with one attached hydrogen (secondary N) is 1. The van der Waals surface area contributed by atoms with Crippen LogP contribution in [0.4, 0.5) is 0 Å². The summed E-state index contributed by atoms with van der Waals surface area (Å²) < 4.78 is 0. The molecule has 1 saturated carbocycles. The van der Waals surface area contributed by atoms with Gasteiger partial charge in [0.1, 0.15) is 5.41 Å². The average Bonchev–Trinajstić information content (AvgIpc) is 2.95. The highest BCUT2D eigenvalue weighted by Gasteiger charge is 2.34. The number of nitrogens with zero attached hydrogens (tertiary/aromatic N) is 2. The van der Waals surface area contributed by atoms with E-state index in [0.29, 0.717) is 25.4 Å². The van der Waals surface area contributed by atoms with Crippen molar-refractivity contribution in [1.82, 2.24) is 10.2 Å². The van der Waals surface area contributed by atoms with E-state index in [2.05, 4.69) is 23.3 Å². The van der Waals surface area contributed by atoms with Gasteiger partial charge in [-0.25, -0.2) is 0 Å². The fourth-order valence-corrected chi connectivity index (χ4v) is 2.82. The molecule has 1 rings (SSSR count). The third-order valence-electron chi connectivity index (χ3n) is 4.55. The number of hydrogen-bond donors (Lipinski definition) is 1. The van der Waals surface area contributed by atoms with Gasteiger partial charge in [0.2, 0.25) is 5.91 Å². The highest BCUT2D eigenvalue weighted by atomic mass is 16.2. The van der Waals surface area contributed by atoms with Gasteiger partial charge in [-0.1, -0.05) is 26.7 Å². The molecule has 1 aliphatic carbocycles. The van der Waals surface area contributed by atoms with Crippen LogP contribution in [0.2, 0.25) is 0 Å². The molecule has 1 fully saturated rings. The Kier molecular flexibility index (Phi) is 6.30. The zero-order valence-corrected chi connectivity index (χ0v) is 12.5. The highest BCUT2D eigenvalue weighted by Crippen LogP contribution is 2.25. The zero-order valence-electron chi connectivity index (χ0n) is 12.5. The molecule has 0 atom stereocenters. The van der Waals surface area contributed by atoms with Crippen molar-refractivity contribution in [2.75, 3.05) is 20.1 Å². The lowest BCUT2D eigenvalue weighted by Gasteiger charge is -2.26. The zero-order chi connectivity index (χ0) is 14.3. The maximum absolute atomic E-state index is 12.1. The summed E-state index contributed by atoms with van der Waals surface area (Å²) in [6.07, 6.45) is 6.34. The van der Waals surface area contributed by atoms with E-state index in [4.69, 9.17) is 0 Å². The van der Waals surface area contributed by atoms with Gasteiger partial charge in [-0.05, 0) is 32.7 Å². The van der Waals surface area contributed by atoms with Crippen LogP contribution in [0.1, 0.15) is 52.4 Å². The molecule has 19 heavy (non-hydrogen) atoms. The van der Waals surface area contributed by atoms with E-state index in [0.717, 1.165) is 6.54 Å². The summed E-state index contributed by atoms with van der Waals surface area (Å²) in [5.74, 6) is -0.111. The SMILES string of the molecule is CCC(C#N)(CC)C(=O)NCCN(C)C1CCCC1. The molecule has 108 valence electrons. The van der Waals surface area contributed by atoms with Gasteiger partial charge in [0, 0.05) is 19.1 Å². The molecule has 0 unspecified atom stereocenters. The number of amides is 1. The molecule has 0 bridgehead atoms. The van der Waals surface area contributed by atoms with Gasteiger partial charge in [-0.2, -0.15) is 5.26 Å². The first-order valence-corrected chi connectivity index (χ1v) is 7.49. The van der Waals surface area contributed by atoms with Crippen molar-refractivity contribution in [2.24, 2.45) is 5.41 Å². The lowest BCUT2D eigenvalue weighted by Crippen LogP contribution is -2.43. The largest absolute Gasteiger partial charge is 0.353 e. The van der Waals surface area contributed by atoms with E-state index < -0.39 is 5.41 Å². The van der Waals surface area contributed by atoms with E-state index in [-0.39, 0.29) is 5.91 Å². The molecule has 0 radical (unpaired) electrons. The Hall–Kier alpha value is -1.08. The molecule has 0 heterocycles. The molecule has 0 spiro atoms. The quantitative estimate of drug-likeness (QED) is 0.768. The van der Waals surface area contributed by atoms with E-state index in [1.54, 1.807) is 0 Å². The van der Waals surface area contributed by atoms with Crippen molar-refractivity contribution < 1.29 is 4.79 Å². The first-order valence-electron chi connectivity index (χ1n) is 7.49. The standard InChI is InChI=1S/C15H27N3O/c1-4-15(5-2,12-16)14(19)17-10-11-18(3)13-8-6-7-9-13/h13H,4-11H2,1-3H3,(H,17,19). The first kappa shape index (κ1) is 16.0. The van der Waals surface area contributed by atoms with Crippen molar-refractivity contribution in [3.05, 3.63) is 0 Å². The lowest BCUT2D eigenvalue weighted by atomic mass is 9.83. The molecule has 1 N–H and O–H groups in total. The van der Waals surface area contributed by atoms with Crippen molar-refractivity contribution in [3.8, 4) is 6.07 Å². The number of hydrogen-bond acceptors (Lipinski definition) is 3. The molecule has 1 amide bonds. The van der Waals surface area contributed by atoms with Crippen LogP contribution < -0.4 is 5.32 Å². The third kappa shape index (κ3) is 3.94. The summed E-state index contributed by atoms with van der Waals surface area (Å²) in [6, 6.07) is 2.86. The summed E-state index contributed by atoms with van der Waals surface area (Å²) in [7, 11) is 2.12. The predicted octanol–water partition coefficient (Wildman–Crippen LogP) is 2.31. The van der Waals surface area contributed by atoms with Crippen molar-refractivity contribution in [2.45, 2.75) is 58.4 Å². The van der Waals surface area contributed by atoms with Gasteiger partial charge in [-0.15, -0.1) is 0 Å². The molecule has 0 aromatic heterocycles. The second-order valence-corrected chi connectivity index (χ2v) is 5.58. The van der Waals surface area contributed by atoms with Crippen LogP contribution >= 0.6 is 0 Å². The average molecular weight is 265 g/mol. The second kappa shape index (κ2) is 7.49. The van der Waals surface area contributed by atoms with Crippen LogP contribution in [0.3, 0.4) is 0 Å². The van der Waals surface area contributed by atoms with Gasteiger partial charge >= 0.3 is 0 Å². The molecule has 0 aromatic carbocycles. The Balaban J connectivity index is 2.35. The minimum absolute atomic E-state index is 0.111. The van der Waals surface area contributed by atoms with Crippen LogP contribution in [0.5, 0.6) is 0 Å². The van der Waals surface area contributed by atoms with Crippen LogP contribution in [0.25, 0.3) is 0 Å². The molecule has 1 aliphatic rings. The minimum atomic E-state index is -0.841. The van der Waals surface area contributed by atoms with Crippen LogP contribution in [-0.2, 0) is 4.79 Å². The number of carbonyl (C=O) groups is 1. The van der Waals surface area contributed by atoms with Crippen molar-refractivity contribution in [1.29, 1.82) is 5.26 Å². The van der Waals surface area contributed by atoms with Gasteiger partial charge in [0.25, 0.3) is 0 Å². The van der Waals surface area contributed by atoms with Crippen LogP contribution in [-0.4, -0.2) is 37.0 Å². The van der Waals surface area contributed by atoms with E-state index in [1.165, 1.54) is 25.7 Å². The second-order valence-electron chi connectivity index (χ2n) is 5.58. The maximum Gasteiger partial charge on any atom is 0.240 e. The summed E-state index contributed by atoms with van der Waals surface area (Å²) in [5.41, 5.74) is -0.841. The summed E-state index contributed by atoms with van der Waals surface area (Å²) >= 11 is 0. The molecular formula is C15H27N3O.